The topological polar surface area (TPSA) is 110 Å². The zero-order chi connectivity index (χ0) is 19.9. The third-order valence-corrected chi connectivity index (χ3v) is 8.58. The molecule has 1 fully saturated rings. The minimum absolute atomic E-state index is 0.0461. The highest BCUT2D eigenvalue weighted by molar-refractivity contribution is 7.92. The maximum atomic E-state index is 12.4. The van der Waals surface area contributed by atoms with Crippen LogP contribution in [-0.4, -0.2) is 70.5 Å². The molecule has 10 heteroatoms. The summed E-state index contributed by atoms with van der Waals surface area (Å²) in [6.45, 7) is 0.596. The van der Waals surface area contributed by atoms with Gasteiger partial charge in [0, 0.05) is 20.1 Å². The summed E-state index contributed by atoms with van der Waals surface area (Å²) in [5.41, 5.74) is 0. The Bertz CT molecular complexity index is 816. The molecule has 152 valence electrons. The molecule has 27 heavy (non-hydrogen) atoms. The molecule has 1 amide bonds. The van der Waals surface area contributed by atoms with Crippen LogP contribution < -0.4 is 10.1 Å². The van der Waals surface area contributed by atoms with Gasteiger partial charge in [0.2, 0.25) is 15.9 Å². The minimum Gasteiger partial charge on any atom is -0.494 e. The summed E-state index contributed by atoms with van der Waals surface area (Å²) in [6.07, 6.45) is 0.768. The van der Waals surface area contributed by atoms with Crippen molar-refractivity contribution in [2.75, 3.05) is 38.2 Å². The van der Waals surface area contributed by atoms with E-state index in [4.69, 9.17) is 4.74 Å². The summed E-state index contributed by atoms with van der Waals surface area (Å²) in [5, 5.41) is 1.62. The van der Waals surface area contributed by atoms with Gasteiger partial charge in [-0.05, 0) is 31.4 Å². The van der Waals surface area contributed by atoms with Crippen LogP contribution in [0.1, 0.15) is 19.3 Å². The van der Waals surface area contributed by atoms with Crippen LogP contribution in [0.3, 0.4) is 0 Å². The van der Waals surface area contributed by atoms with Gasteiger partial charge in [-0.15, -0.1) is 0 Å². The fraction of sp³-hybridized carbons (Fsp3) is 0.588. The van der Waals surface area contributed by atoms with Crippen LogP contribution in [0.4, 0.5) is 0 Å². The van der Waals surface area contributed by atoms with E-state index in [0.29, 0.717) is 18.8 Å². The number of para-hydroxylation sites is 1. The lowest BCUT2D eigenvalue weighted by Gasteiger charge is -2.30. The number of rotatable bonds is 9. The van der Waals surface area contributed by atoms with E-state index in [1.54, 1.807) is 12.1 Å². The molecule has 1 aliphatic rings. The molecule has 1 aromatic carbocycles. The molecule has 0 unspecified atom stereocenters. The molecule has 8 nitrogen and oxygen atoms in total. The number of amides is 1. The van der Waals surface area contributed by atoms with Crippen molar-refractivity contribution in [1.29, 1.82) is 0 Å². The standard InChI is InChI=1S/C17H26N2O6S2/c1-18-17(20)14-26(21,22)16-8-10-19(11-9-16)27(23,24)13-5-12-25-15-6-3-2-4-7-15/h2-4,6-7,16H,5,8-14H2,1H3,(H,18,20). The molecule has 0 atom stereocenters. The predicted octanol–water partition coefficient (Wildman–Crippen LogP) is 0.411. The van der Waals surface area contributed by atoms with Crippen LogP contribution in [0.5, 0.6) is 5.75 Å². The molecule has 1 saturated heterocycles. The van der Waals surface area contributed by atoms with Crippen molar-refractivity contribution < 1.29 is 26.4 Å². The third kappa shape index (κ3) is 6.47. The molecule has 2 rings (SSSR count). The number of nitrogens with one attached hydrogen (secondary N) is 1. The lowest BCUT2D eigenvalue weighted by molar-refractivity contribution is -0.118. The zero-order valence-electron chi connectivity index (χ0n) is 15.3. The average Bonchev–Trinajstić information content (AvgIpc) is 2.66. The van der Waals surface area contributed by atoms with Gasteiger partial charge in [-0.2, -0.15) is 0 Å². The van der Waals surface area contributed by atoms with Crippen molar-refractivity contribution in [2.45, 2.75) is 24.5 Å². The summed E-state index contributed by atoms with van der Waals surface area (Å²) in [7, 11) is -5.64. The summed E-state index contributed by atoms with van der Waals surface area (Å²) in [5.74, 6) is -0.465. The quantitative estimate of drug-likeness (QED) is 0.582. The van der Waals surface area contributed by atoms with E-state index in [1.807, 2.05) is 18.2 Å². The van der Waals surface area contributed by atoms with Crippen molar-refractivity contribution >= 4 is 25.8 Å². The number of carbonyl (C=O) groups excluding carboxylic acids is 1. The van der Waals surface area contributed by atoms with Crippen molar-refractivity contribution in [3.05, 3.63) is 30.3 Å². The van der Waals surface area contributed by atoms with Crippen molar-refractivity contribution in [3.8, 4) is 5.75 Å². The fourth-order valence-electron chi connectivity index (χ4n) is 2.92. The molecule has 0 aromatic heterocycles. The van der Waals surface area contributed by atoms with Crippen LogP contribution >= 0.6 is 0 Å². The van der Waals surface area contributed by atoms with E-state index < -0.39 is 36.8 Å². The Labute approximate surface area is 160 Å². The third-order valence-electron chi connectivity index (χ3n) is 4.47. The van der Waals surface area contributed by atoms with Crippen LogP contribution in [0.25, 0.3) is 0 Å². The van der Waals surface area contributed by atoms with Crippen molar-refractivity contribution in [2.24, 2.45) is 0 Å². The maximum absolute atomic E-state index is 12.4. The number of sulfone groups is 1. The number of piperidine rings is 1. The molecule has 0 radical (unpaired) electrons. The normalized spacial score (nSPS) is 16.8. The highest BCUT2D eigenvalue weighted by Crippen LogP contribution is 2.21. The molecule has 1 aliphatic heterocycles. The summed E-state index contributed by atoms with van der Waals surface area (Å²) < 4.78 is 56.1. The lowest BCUT2D eigenvalue weighted by atomic mass is 10.2. The number of nitrogens with zero attached hydrogens (tertiary/aromatic N) is 1. The van der Waals surface area contributed by atoms with Crippen LogP contribution in [-0.2, 0) is 24.7 Å². The first-order chi connectivity index (χ1) is 12.7. The molecule has 0 spiro atoms. The predicted molar refractivity (Wildman–Crippen MR) is 103 cm³/mol. The second kappa shape index (κ2) is 9.52. The Hall–Kier alpha value is -1.65. The average molecular weight is 419 g/mol. The van der Waals surface area contributed by atoms with E-state index >= 15 is 0 Å². The van der Waals surface area contributed by atoms with E-state index in [-0.39, 0.29) is 31.7 Å². The molecular weight excluding hydrogens is 392 g/mol. The Morgan fingerprint density at radius 3 is 2.37 bits per heavy atom. The van der Waals surface area contributed by atoms with E-state index in [2.05, 4.69) is 5.32 Å². The number of benzene rings is 1. The van der Waals surface area contributed by atoms with Gasteiger partial charge < -0.3 is 10.1 Å². The first-order valence-corrected chi connectivity index (χ1v) is 12.1. The van der Waals surface area contributed by atoms with E-state index in [0.717, 1.165) is 0 Å². The minimum atomic E-state index is -3.57. The maximum Gasteiger partial charge on any atom is 0.234 e. The summed E-state index contributed by atoms with van der Waals surface area (Å²) >= 11 is 0. The van der Waals surface area contributed by atoms with Gasteiger partial charge in [-0.1, -0.05) is 18.2 Å². The van der Waals surface area contributed by atoms with Crippen LogP contribution in [0.15, 0.2) is 30.3 Å². The van der Waals surface area contributed by atoms with Gasteiger partial charge in [-0.3, -0.25) is 4.79 Å². The second-order valence-electron chi connectivity index (χ2n) is 6.41. The molecule has 0 aliphatic carbocycles. The number of hydrogen-bond acceptors (Lipinski definition) is 6. The van der Waals surface area contributed by atoms with Gasteiger partial charge in [0.15, 0.2) is 9.84 Å². The van der Waals surface area contributed by atoms with Crippen LogP contribution in [0, 0.1) is 0 Å². The number of carbonyl (C=O) groups is 1. The number of ether oxygens (including phenoxy) is 1. The first kappa shape index (κ1) is 21.6. The Morgan fingerprint density at radius 2 is 1.78 bits per heavy atom. The largest absolute Gasteiger partial charge is 0.494 e. The van der Waals surface area contributed by atoms with Gasteiger partial charge in [0.05, 0.1) is 17.6 Å². The molecule has 1 heterocycles. The molecule has 0 saturated carbocycles. The molecule has 1 aromatic rings. The Kier molecular flexibility index (Phi) is 7.63. The van der Waals surface area contributed by atoms with Gasteiger partial charge in [0.25, 0.3) is 0 Å². The number of hydrogen-bond donors (Lipinski definition) is 1. The van der Waals surface area contributed by atoms with Crippen molar-refractivity contribution in [1.82, 2.24) is 9.62 Å². The molecule has 1 N–H and O–H groups in total. The van der Waals surface area contributed by atoms with E-state index in [1.165, 1.54) is 11.4 Å². The van der Waals surface area contributed by atoms with E-state index in [9.17, 15) is 21.6 Å². The number of sulfonamides is 1. The molecular formula is C17H26N2O6S2. The SMILES string of the molecule is CNC(=O)CS(=O)(=O)C1CCN(S(=O)(=O)CCCOc2ccccc2)CC1. The Balaban J connectivity index is 1.79. The van der Waals surface area contributed by atoms with Gasteiger partial charge in [-0.25, -0.2) is 21.1 Å². The summed E-state index contributed by atoms with van der Waals surface area (Å²) in [6, 6.07) is 9.16. The highest BCUT2D eigenvalue weighted by atomic mass is 32.2. The van der Waals surface area contributed by atoms with Crippen LogP contribution in [0.2, 0.25) is 0 Å². The zero-order valence-corrected chi connectivity index (χ0v) is 17.0. The first-order valence-electron chi connectivity index (χ1n) is 8.82. The fourth-order valence-corrected chi connectivity index (χ4v) is 6.10. The molecule has 0 bridgehead atoms. The monoisotopic (exact) mass is 418 g/mol. The summed E-state index contributed by atoms with van der Waals surface area (Å²) in [4.78, 5) is 11.3. The Morgan fingerprint density at radius 1 is 1.15 bits per heavy atom. The van der Waals surface area contributed by atoms with Gasteiger partial charge >= 0.3 is 0 Å². The van der Waals surface area contributed by atoms with Gasteiger partial charge in [0.1, 0.15) is 11.5 Å². The lowest BCUT2D eigenvalue weighted by Crippen LogP contribution is -2.45. The highest BCUT2D eigenvalue weighted by Gasteiger charge is 2.34. The second-order valence-corrected chi connectivity index (χ2v) is 10.8. The smallest absolute Gasteiger partial charge is 0.234 e. The van der Waals surface area contributed by atoms with Crippen molar-refractivity contribution in [3.63, 3.8) is 0 Å².